The SMILES string of the molecule is Cc1ccc2sc(-c3ccc(N=Cc4c(O)cc(C)c(Cl)c4C)cc3)nc2c1. The zero-order valence-corrected chi connectivity index (χ0v) is 17.4. The zero-order valence-electron chi connectivity index (χ0n) is 15.8. The van der Waals surface area contributed by atoms with Crippen LogP contribution >= 0.6 is 22.9 Å². The van der Waals surface area contributed by atoms with Gasteiger partial charge in [-0.2, -0.15) is 0 Å². The van der Waals surface area contributed by atoms with Crippen LogP contribution < -0.4 is 0 Å². The molecule has 28 heavy (non-hydrogen) atoms. The summed E-state index contributed by atoms with van der Waals surface area (Å²) in [6, 6.07) is 15.9. The maximum atomic E-state index is 10.2. The molecule has 4 rings (SSSR count). The van der Waals surface area contributed by atoms with Crippen molar-refractivity contribution in [3.05, 3.63) is 75.8 Å². The highest BCUT2D eigenvalue weighted by Gasteiger charge is 2.10. The van der Waals surface area contributed by atoms with Crippen LogP contribution in [-0.4, -0.2) is 16.3 Å². The fraction of sp³-hybridized carbons (Fsp3) is 0.130. The second kappa shape index (κ2) is 7.38. The van der Waals surface area contributed by atoms with E-state index in [0.717, 1.165) is 32.9 Å². The maximum Gasteiger partial charge on any atom is 0.124 e. The molecule has 0 amide bonds. The summed E-state index contributed by atoms with van der Waals surface area (Å²) >= 11 is 7.97. The molecule has 0 aliphatic carbocycles. The Bertz CT molecular complexity index is 1210. The molecule has 140 valence electrons. The number of phenols is 1. The van der Waals surface area contributed by atoms with Crippen molar-refractivity contribution < 1.29 is 5.11 Å². The van der Waals surface area contributed by atoms with Gasteiger partial charge in [0.15, 0.2) is 0 Å². The number of hydrogen-bond acceptors (Lipinski definition) is 4. The van der Waals surface area contributed by atoms with Gasteiger partial charge in [-0.1, -0.05) is 17.7 Å². The Labute approximate surface area is 173 Å². The number of aromatic nitrogens is 1. The van der Waals surface area contributed by atoms with E-state index >= 15 is 0 Å². The Kier molecular flexibility index (Phi) is 4.92. The third-order valence-electron chi connectivity index (χ3n) is 4.71. The first-order chi connectivity index (χ1) is 13.4. The van der Waals surface area contributed by atoms with Crippen molar-refractivity contribution >= 4 is 45.1 Å². The largest absolute Gasteiger partial charge is 0.507 e. The monoisotopic (exact) mass is 406 g/mol. The summed E-state index contributed by atoms with van der Waals surface area (Å²) in [5.74, 6) is 0.185. The minimum absolute atomic E-state index is 0.185. The van der Waals surface area contributed by atoms with Gasteiger partial charge in [0.25, 0.3) is 0 Å². The molecule has 3 nitrogen and oxygen atoms in total. The van der Waals surface area contributed by atoms with Crippen molar-refractivity contribution in [1.29, 1.82) is 0 Å². The van der Waals surface area contributed by atoms with Gasteiger partial charge in [-0.25, -0.2) is 4.98 Å². The lowest BCUT2D eigenvalue weighted by atomic mass is 10.0. The van der Waals surface area contributed by atoms with Crippen molar-refractivity contribution in [3.8, 4) is 16.3 Å². The van der Waals surface area contributed by atoms with Gasteiger partial charge >= 0.3 is 0 Å². The van der Waals surface area contributed by atoms with E-state index in [1.165, 1.54) is 10.3 Å². The van der Waals surface area contributed by atoms with E-state index in [2.05, 4.69) is 30.1 Å². The molecule has 0 spiro atoms. The number of aliphatic imine (C=N–C) groups is 1. The van der Waals surface area contributed by atoms with Crippen molar-refractivity contribution in [2.45, 2.75) is 20.8 Å². The normalized spacial score (nSPS) is 11.6. The van der Waals surface area contributed by atoms with E-state index in [9.17, 15) is 5.11 Å². The van der Waals surface area contributed by atoms with Crippen molar-refractivity contribution in [1.82, 2.24) is 4.98 Å². The molecule has 0 fully saturated rings. The molecule has 0 aliphatic heterocycles. The minimum Gasteiger partial charge on any atom is -0.507 e. The number of aromatic hydroxyl groups is 1. The molecule has 0 radical (unpaired) electrons. The third-order valence-corrected chi connectivity index (χ3v) is 6.38. The summed E-state index contributed by atoms with van der Waals surface area (Å²) in [5.41, 5.74) is 6.43. The summed E-state index contributed by atoms with van der Waals surface area (Å²) < 4.78 is 1.19. The van der Waals surface area contributed by atoms with E-state index in [1.54, 1.807) is 23.6 Å². The molecule has 3 aromatic carbocycles. The van der Waals surface area contributed by atoms with Crippen LogP contribution in [0.3, 0.4) is 0 Å². The van der Waals surface area contributed by atoms with Crippen molar-refractivity contribution in [2.24, 2.45) is 4.99 Å². The van der Waals surface area contributed by atoms with Crippen LogP contribution in [0, 0.1) is 20.8 Å². The van der Waals surface area contributed by atoms with E-state index < -0.39 is 0 Å². The Hall–Kier alpha value is -2.69. The standard InChI is InChI=1S/C23H19ClN2OS/c1-13-4-9-21-19(10-13)26-23(28-21)16-5-7-17(8-6-16)25-12-18-15(3)22(24)14(2)11-20(18)27/h4-12,27H,1-3H3. The van der Waals surface area contributed by atoms with Gasteiger partial charge in [0.2, 0.25) is 0 Å². The van der Waals surface area contributed by atoms with Crippen LogP contribution in [0.4, 0.5) is 5.69 Å². The molecule has 0 aliphatic rings. The summed E-state index contributed by atoms with van der Waals surface area (Å²) in [4.78, 5) is 9.24. The first-order valence-electron chi connectivity index (χ1n) is 8.93. The highest BCUT2D eigenvalue weighted by atomic mass is 35.5. The molecule has 0 saturated carbocycles. The van der Waals surface area contributed by atoms with Crippen molar-refractivity contribution in [3.63, 3.8) is 0 Å². The van der Waals surface area contributed by atoms with Gasteiger partial charge < -0.3 is 5.11 Å². The number of phenolic OH excluding ortho intramolecular Hbond substituents is 1. The lowest BCUT2D eigenvalue weighted by Gasteiger charge is -2.08. The molecule has 0 saturated heterocycles. The van der Waals surface area contributed by atoms with Crippen LogP contribution in [0.1, 0.15) is 22.3 Å². The van der Waals surface area contributed by atoms with Gasteiger partial charge in [0.05, 0.1) is 15.9 Å². The molecule has 5 heteroatoms. The second-order valence-electron chi connectivity index (χ2n) is 6.86. The van der Waals surface area contributed by atoms with Gasteiger partial charge in [0, 0.05) is 22.4 Å². The van der Waals surface area contributed by atoms with Gasteiger partial charge in [-0.3, -0.25) is 4.99 Å². The molecule has 1 heterocycles. The van der Waals surface area contributed by atoms with E-state index in [4.69, 9.17) is 16.6 Å². The van der Waals surface area contributed by atoms with Crippen LogP contribution in [-0.2, 0) is 0 Å². The molecule has 0 unspecified atom stereocenters. The van der Waals surface area contributed by atoms with Crippen LogP contribution in [0.5, 0.6) is 5.75 Å². The third kappa shape index (κ3) is 3.53. The molecular weight excluding hydrogens is 388 g/mol. The lowest BCUT2D eigenvalue weighted by Crippen LogP contribution is -1.92. The number of nitrogens with zero attached hydrogens (tertiary/aromatic N) is 2. The van der Waals surface area contributed by atoms with E-state index in [-0.39, 0.29) is 5.75 Å². The Balaban J connectivity index is 1.61. The van der Waals surface area contributed by atoms with Crippen LogP contribution in [0.15, 0.2) is 53.5 Å². The van der Waals surface area contributed by atoms with E-state index in [0.29, 0.717) is 10.6 Å². The number of rotatable bonds is 3. The van der Waals surface area contributed by atoms with E-state index in [1.807, 2.05) is 38.1 Å². The van der Waals surface area contributed by atoms with Gasteiger partial charge in [0.1, 0.15) is 10.8 Å². The lowest BCUT2D eigenvalue weighted by molar-refractivity contribution is 0.473. The zero-order chi connectivity index (χ0) is 19.8. The maximum absolute atomic E-state index is 10.2. The molecular formula is C23H19ClN2OS. The summed E-state index contributed by atoms with van der Waals surface area (Å²) in [6.07, 6.45) is 1.66. The fourth-order valence-corrected chi connectivity index (χ4v) is 4.21. The van der Waals surface area contributed by atoms with Gasteiger partial charge in [-0.15, -0.1) is 11.3 Å². The highest BCUT2D eigenvalue weighted by Crippen LogP contribution is 2.32. The average molecular weight is 407 g/mol. The number of fused-ring (bicyclic) bond motifs is 1. The quantitative estimate of drug-likeness (QED) is 0.372. The number of halogens is 1. The number of aryl methyl sites for hydroxylation is 2. The second-order valence-corrected chi connectivity index (χ2v) is 8.27. The fourth-order valence-electron chi connectivity index (χ4n) is 3.11. The summed E-state index contributed by atoms with van der Waals surface area (Å²) in [7, 11) is 0. The number of thiazole rings is 1. The number of hydrogen-bond donors (Lipinski definition) is 1. The first kappa shape index (κ1) is 18.7. The Morgan fingerprint density at radius 3 is 2.54 bits per heavy atom. The predicted molar refractivity (Wildman–Crippen MR) is 120 cm³/mol. The summed E-state index contributed by atoms with van der Waals surface area (Å²) in [6.45, 7) is 5.83. The molecule has 1 N–H and O–H groups in total. The van der Waals surface area contributed by atoms with Gasteiger partial charge in [-0.05, 0) is 79.9 Å². The smallest absolute Gasteiger partial charge is 0.124 e. The molecule has 1 aromatic heterocycles. The topological polar surface area (TPSA) is 45.5 Å². The Morgan fingerprint density at radius 1 is 1.04 bits per heavy atom. The minimum atomic E-state index is 0.185. The first-order valence-corrected chi connectivity index (χ1v) is 10.1. The summed E-state index contributed by atoms with van der Waals surface area (Å²) in [5, 5.41) is 11.8. The highest BCUT2D eigenvalue weighted by molar-refractivity contribution is 7.21. The predicted octanol–water partition coefficient (Wildman–Crippen LogP) is 7.00. The van der Waals surface area contributed by atoms with Crippen LogP contribution in [0.25, 0.3) is 20.8 Å². The Morgan fingerprint density at radius 2 is 1.79 bits per heavy atom. The average Bonchev–Trinajstić information content (AvgIpc) is 3.09. The van der Waals surface area contributed by atoms with Crippen molar-refractivity contribution in [2.75, 3.05) is 0 Å². The molecule has 4 aromatic rings. The molecule has 0 atom stereocenters. The molecule has 0 bridgehead atoms. The number of benzene rings is 3. The van der Waals surface area contributed by atoms with Crippen LogP contribution in [0.2, 0.25) is 5.02 Å².